The van der Waals surface area contributed by atoms with E-state index in [1.54, 1.807) is 11.8 Å². The molecule has 3 N–H and O–H groups in total. The summed E-state index contributed by atoms with van der Waals surface area (Å²) >= 11 is 0. The third-order valence-corrected chi connectivity index (χ3v) is 3.15. The van der Waals surface area contributed by atoms with Crippen LogP contribution in [0, 0.1) is 5.92 Å². The largest absolute Gasteiger partial charge is 0.444 e. The zero-order chi connectivity index (χ0) is 15.3. The van der Waals surface area contributed by atoms with E-state index in [1.807, 2.05) is 20.8 Å². The fourth-order valence-electron chi connectivity index (χ4n) is 2.13. The van der Waals surface area contributed by atoms with Crippen LogP contribution in [0.2, 0.25) is 0 Å². The molecule has 0 aromatic heterocycles. The minimum atomic E-state index is -0.499. The Morgan fingerprint density at radius 2 is 2.10 bits per heavy atom. The highest BCUT2D eigenvalue weighted by Crippen LogP contribution is 2.18. The van der Waals surface area contributed by atoms with Gasteiger partial charge in [0.1, 0.15) is 5.60 Å². The Kier molecular flexibility index (Phi) is 5.80. The summed E-state index contributed by atoms with van der Waals surface area (Å²) in [7, 11) is 0. The third kappa shape index (κ3) is 5.77. The molecule has 0 spiro atoms. The molecule has 0 saturated carbocycles. The van der Waals surface area contributed by atoms with Gasteiger partial charge in [0.15, 0.2) is 0 Å². The van der Waals surface area contributed by atoms with Crippen molar-refractivity contribution in [1.82, 2.24) is 10.2 Å². The van der Waals surface area contributed by atoms with Gasteiger partial charge >= 0.3 is 6.09 Å². The van der Waals surface area contributed by atoms with E-state index in [-0.39, 0.29) is 17.9 Å². The highest BCUT2D eigenvalue weighted by molar-refractivity contribution is 5.80. The van der Waals surface area contributed by atoms with Crippen molar-refractivity contribution in [2.45, 2.75) is 52.2 Å². The van der Waals surface area contributed by atoms with Crippen LogP contribution >= 0.6 is 0 Å². The van der Waals surface area contributed by atoms with E-state index in [0.29, 0.717) is 19.6 Å². The third-order valence-electron chi connectivity index (χ3n) is 3.15. The van der Waals surface area contributed by atoms with Crippen molar-refractivity contribution >= 4 is 12.0 Å². The standard InChI is InChI=1S/C14H27N3O3/c1-10(15)12(18)16-8-11-6-5-7-17(9-11)13(19)20-14(2,3)4/h10-11H,5-9,15H2,1-4H3,(H,16,18)/t10-,11+/m0/s1. The molecule has 0 unspecified atom stereocenters. The molecule has 20 heavy (non-hydrogen) atoms. The van der Waals surface area contributed by atoms with Crippen LogP contribution in [-0.2, 0) is 9.53 Å². The zero-order valence-corrected chi connectivity index (χ0v) is 12.9. The van der Waals surface area contributed by atoms with E-state index < -0.39 is 11.6 Å². The summed E-state index contributed by atoms with van der Waals surface area (Å²) in [5.41, 5.74) is 5.02. The Morgan fingerprint density at radius 1 is 1.45 bits per heavy atom. The Morgan fingerprint density at radius 3 is 2.65 bits per heavy atom. The fourth-order valence-corrected chi connectivity index (χ4v) is 2.13. The second kappa shape index (κ2) is 6.92. The molecular weight excluding hydrogens is 258 g/mol. The highest BCUT2D eigenvalue weighted by atomic mass is 16.6. The predicted molar refractivity (Wildman–Crippen MR) is 77.2 cm³/mol. The Hall–Kier alpha value is -1.30. The zero-order valence-electron chi connectivity index (χ0n) is 12.9. The summed E-state index contributed by atoms with van der Waals surface area (Å²) in [6, 6.07) is -0.499. The van der Waals surface area contributed by atoms with Crippen molar-refractivity contribution in [2.24, 2.45) is 11.7 Å². The van der Waals surface area contributed by atoms with Gasteiger partial charge in [-0.25, -0.2) is 4.79 Å². The van der Waals surface area contributed by atoms with Gasteiger partial charge in [-0.05, 0) is 46.5 Å². The Bertz CT molecular complexity index is 350. The van der Waals surface area contributed by atoms with E-state index in [0.717, 1.165) is 12.8 Å². The molecule has 1 heterocycles. The second-order valence-corrected chi connectivity index (χ2v) is 6.47. The molecule has 1 aliphatic rings. The van der Waals surface area contributed by atoms with Crippen molar-refractivity contribution in [3.8, 4) is 0 Å². The van der Waals surface area contributed by atoms with Gasteiger partial charge in [-0.3, -0.25) is 4.79 Å². The summed E-state index contributed by atoms with van der Waals surface area (Å²) < 4.78 is 5.37. The van der Waals surface area contributed by atoms with Gasteiger partial charge in [-0.15, -0.1) is 0 Å². The van der Waals surface area contributed by atoms with Crippen LogP contribution in [0.3, 0.4) is 0 Å². The van der Waals surface area contributed by atoms with Gasteiger partial charge < -0.3 is 20.7 Å². The molecule has 6 nitrogen and oxygen atoms in total. The molecule has 0 aromatic rings. The molecule has 0 radical (unpaired) electrons. The van der Waals surface area contributed by atoms with Gasteiger partial charge in [-0.2, -0.15) is 0 Å². The van der Waals surface area contributed by atoms with E-state index in [4.69, 9.17) is 10.5 Å². The highest BCUT2D eigenvalue weighted by Gasteiger charge is 2.27. The van der Waals surface area contributed by atoms with E-state index in [2.05, 4.69) is 5.32 Å². The monoisotopic (exact) mass is 285 g/mol. The molecule has 2 amide bonds. The average molecular weight is 285 g/mol. The number of amides is 2. The maximum atomic E-state index is 12.0. The van der Waals surface area contributed by atoms with Crippen LogP contribution in [0.1, 0.15) is 40.5 Å². The second-order valence-electron chi connectivity index (χ2n) is 6.47. The van der Waals surface area contributed by atoms with Crippen LogP contribution in [0.25, 0.3) is 0 Å². The first-order valence-electron chi connectivity index (χ1n) is 7.20. The first-order chi connectivity index (χ1) is 9.19. The van der Waals surface area contributed by atoms with Crippen LogP contribution in [0.15, 0.2) is 0 Å². The molecule has 1 fully saturated rings. The lowest BCUT2D eigenvalue weighted by Crippen LogP contribution is -2.47. The Balaban J connectivity index is 2.42. The number of hydrogen-bond donors (Lipinski definition) is 2. The van der Waals surface area contributed by atoms with Crippen molar-refractivity contribution < 1.29 is 14.3 Å². The maximum absolute atomic E-state index is 12.0. The van der Waals surface area contributed by atoms with Crippen LogP contribution in [-0.4, -0.2) is 48.2 Å². The molecule has 116 valence electrons. The van der Waals surface area contributed by atoms with Gasteiger partial charge in [-0.1, -0.05) is 0 Å². The minimum Gasteiger partial charge on any atom is -0.444 e. The lowest BCUT2D eigenvalue weighted by Gasteiger charge is -2.34. The first kappa shape index (κ1) is 16.8. The molecule has 1 saturated heterocycles. The number of likely N-dealkylation sites (tertiary alicyclic amines) is 1. The lowest BCUT2D eigenvalue weighted by atomic mass is 9.98. The average Bonchev–Trinajstić information content (AvgIpc) is 2.34. The fraction of sp³-hybridized carbons (Fsp3) is 0.857. The quantitative estimate of drug-likeness (QED) is 0.813. The van der Waals surface area contributed by atoms with Crippen LogP contribution < -0.4 is 11.1 Å². The molecule has 1 aliphatic heterocycles. The van der Waals surface area contributed by atoms with E-state index >= 15 is 0 Å². The summed E-state index contributed by atoms with van der Waals surface area (Å²) in [5, 5.41) is 2.82. The molecule has 1 rings (SSSR count). The van der Waals surface area contributed by atoms with Crippen molar-refractivity contribution in [3.63, 3.8) is 0 Å². The van der Waals surface area contributed by atoms with Crippen molar-refractivity contribution in [1.29, 1.82) is 0 Å². The summed E-state index contributed by atoms with van der Waals surface area (Å²) in [6.45, 7) is 9.11. The van der Waals surface area contributed by atoms with Crippen molar-refractivity contribution in [3.05, 3.63) is 0 Å². The minimum absolute atomic E-state index is 0.153. The number of nitrogens with zero attached hydrogens (tertiary/aromatic N) is 1. The predicted octanol–water partition coefficient (Wildman–Crippen LogP) is 1.10. The lowest BCUT2D eigenvalue weighted by molar-refractivity contribution is -0.122. The van der Waals surface area contributed by atoms with Crippen LogP contribution in [0.4, 0.5) is 4.79 Å². The summed E-state index contributed by atoms with van der Waals surface area (Å²) in [5.74, 6) is 0.110. The van der Waals surface area contributed by atoms with Crippen molar-refractivity contribution in [2.75, 3.05) is 19.6 Å². The Labute approximate surface area is 121 Å². The molecule has 2 atom stereocenters. The SMILES string of the molecule is C[C@H](N)C(=O)NC[C@H]1CCCN(C(=O)OC(C)(C)C)C1. The van der Waals surface area contributed by atoms with E-state index in [9.17, 15) is 9.59 Å². The molecule has 0 aliphatic carbocycles. The maximum Gasteiger partial charge on any atom is 0.410 e. The van der Waals surface area contributed by atoms with Gasteiger partial charge in [0.05, 0.1) is 6.04 Å². The number of nitrogens with two attached hydrogens (primary N) is 1. The summed E-state index contributed by atoms with van der Waals surface area (Å²) in [6.07, 6.45) is 1.65. The number of nitrogens with one attached hydrogen (secondary N) is 1. The number of hydrogen-bond acceptors (Lipinski definition) is 4. The molecule has 0 aromatic carbocycles. The van der Waals surface area contributed by atoms with Gasteiger partial charge in [0, 0.05) is 19.6 Å². The number of carbonyl (C=O) groups excluding carboxylic acids is 2. The normalized spacial score (nSPS) is 21.2. The summed E-state index contributed by atoms with van der Waals surface area (Å²) in [4.78, 5) is 25.2. The number of carbonyl (C=O) groups is 2. The molecule has 6 heteroatoms. The first-order valence-corrected chi connectivity index (χ1v) is 7.20. The number of rotatable bonds is 3. The van der Waals surface area contributed by atoms with E-state index in [1.165, 1.54) is 0 Å². The van der Waals surface area contributed by atoms with Gasteiger partial charge in [0.25, 0.3) is 0 Å². The smallest absolute Gasteiger partial charge is 0.410 e. The number of piperidine rings is 1. The molecule has 0 bridgehead atoms. The van der Waals surface area contributed by atoms with Gasteiger partial charge in [0.2, 0.25) is 5.91 Å². The molecular formula is C14H27N3O3. The number of ether oxygens (including phenoxy) is 1. The van der Waals surface area contributed by atoms with Crippen LogP contribution in [0.5, 0.6) is 0 Å². The topological polar surface area (TPSA) is 84.7 Å².